The summed E-state index contributed by atoms with van der Waals surface area (Å²) >= 11 is 0. The summed E-state index contributed by atoms with van der Waals surface area (Å²) in [7, 11) is 1.61. The van der Waals surface area contributed by atoms with E-state index in [2.05, 4.69) is 6.58 Å². The lowest BCUT2D eigenvalue weighted by atomic mass is 9.95. The van der Waals surface area contributed by atoms with Gasteiger partial charge in [0.1, 0.15) is 0 Å². The largest absolute Gasteiger partial charge is 0.385 e. The van der Waals surface area contributed by atoms with Gasteiger partial charge in [-0.05, 0) is 30.5 Å². The van der Waals surface area contributed by atoms with E-state index in [-0.39, 0.29) is 12.1 Å². The highest BCUT2D eigenvalue weighted by molar-refractivity contribution is 5.63. The lowest BCUT2D eigenvalue weighted by Gasteiger charge is -2.38. The van der Waals surface area contributed by atoms with Crippen LogP contribution < -0.4 is 4.90 Å². The average molecular weight is 267 g/mol. The molecule has 0 saturated carbocycles. The van der Waals surface area contributed by atoms with E-state index in [1.54, 1.807) is 18.1 Å². The van der Waals surface area contributed by atoms with Crippen LogP contribution in [0.25, 0.3) is 0 Å². The van der Waals surface area contributed by atoms with Gasteiger partial charge in [0.2, 0.25) is 0 Å². The van der Waals surface area contributed by atoms with E-state index >= 15 is 0 Å². The van der Waals surface area contributed by atoms with E-state index in [0.717, 1.165) is 11.3 Å². The fourth-order valence-electron chi connectivity index (χ4n) is 2.38. The molecule has 2 nitrogen and oxygen atoms in total. The molecular weight excluding hydrogens is 248 g/mol. The normalized spacial score (nSPS) is 17.5. The molecule has 0 atom stereocenters. The number of fused-ring (bicyclic) bond motifs is 1. The Bertz CT molecular complexity index is 485. The smallest absolute Gasteiger partial charge is 0.291 e. The number of aryl methyl sites for hydroxylation is 1. The maximum absolute atomic E-state index is 14.0. The van der Waals surface area contributed by atoms with Gasteiger partial charge in [-0.2, -0.15) is 8.78 Å². The van der Waals surface area contributed by atoms with Crippen molar-refractivity contribution in [3.8, 4) is 0 Å². The molecule has 0 N–H and O–H groups in total. The van der Waals surface area contributed by atoms with Crippen LogP contribution in [0, 0.1) is 6.92 Å². The van der Waals surface area contributed by atoms with Crippen LogP contribution in [0.2, 0.25) is 0 Å². The molecule has 0 bridgehead atoms. The van der Waals surface area contributed by atoms with Crippen LogP contribution in [0.1, 0.15) is 17.5 Å². The Morgan fingerprint density at radius 2 is 2.16 bits per heavy atom. The Labute approximate surface area is 112 Å². The van der Waals surface area contributed by atoms with Crippen LogP contribution in [0.5, 0.6) is 0 Å². The molecule has 104 valence electrons. The fraction of sp³-hybridized carbons (Fsp3) is 0.467. The quantitative estimate of drug-likeness (QED) is 0.774. The Kier molecular flexibility index (Phi) is 3.90. The highest BCUT2D eigenvalue weighted by Crippen LogP contribution is 2.41. The lowest BCUT2D eigenvalue weighted by Crippen LogP contribution is -2.41. The number of benzene rings is 1. The van der Waals surface area contributed by atoms with E-state index in [1.165, 1.54) is 0 Å². The highest BCUT2D eigenvalue weighted by atomic mass is 19.3. The van der Waals surface area contributed by atoms with Crippen LogP contribution in [0.15, 0.2) is 30.5 Å². The molecule has 0 aromatic heterocycles. The molecule has 1 heterocycles. The number of halogens is 2. The number of methoxy groups -OCH3 is 1. The van der Waals surface area contributed by atoms with E-state index in [9.17, 15) is 8.78 Å². The monoisotopic (exact) mass is 267 g/mol. The second kappa shape index (κ2) is 5.29. The summed E-state index contributed by atoms with van der Waals surface area (Å²) in [5, 5.41) is 0. The van der Waals surface area contributed by atoms with Crippen molar-refractivity contribution < 1.29 is 13.5 Å². The van der Waals surface area contributed by atoms with Crippen molar-refractivity contribution in [2.75, 3.05) is 25.2 Å². The van der Waals surface area contributed by atoms with Crippen LogP contribution in [-0.2, 0) is 11.2 Å². The molecule has 0 radical (unpaired) electrons. The Morgan fingerprint density at radius 1 is 1.42 bits per heavy atom. The number of anilines is 1. The van der Waals surface area contributed by atoms with Gasteiger partial charge in [-0.25, -0.2) is 0 Å². The molecule has 0 saturated heterocycles. The van der Waals surface area contributed by atoms with Crippen molar-refractivity contribution in [3.63, 3.8) is 0 Å². The van der Waals surface area contributed by atoms with Crippen LogP contribution in [0.3, 0.4) is 0 Å². The molecule has 0 amide bonds. The minimum absolute atomic E-state index is 0.110. The Balaban J connectivity index is 2.33. The van der Waals surface area contributed by atoms with E-state index < -0.39 is 5.92 Å². The molecule has 19 heavy (non-hydrogen) atoms. The van der Waals surface area contributed by atoms with Crippen molar-refractivity contribution in [2.45, 2.75) is 25.7 Å². The third kappa shape index (κ3) is 2.78. The summed E-state index contributed by atoms with van der Waals surface area (Å²) in [5.41, 5.74) is 2.49. The second-order valence-corrected chi connectivity index (χ2v) is 4.96. The molecular formula is C15H19F2NO. The molecule has 0 aliphatic carbocycles. The molecule has 1 aromatic rings. The zero-order valence-electron chi connectivity index (χ0n) is 11.4. The predicted molar refractivity (Wildman–Crippen MR) is 72.8 cm³/mol. The van der Waals surface area contributed by atoms with Crippen LogP contribution >= 0.6 is 0 Å². The molecule has 0 unspecified atom stereocenters. The molecule has 1 aromatic carbocycles. The number of alkyl halides is 2. The van der Waals surface area contributed by atoms with Crippen LogP contribution in [0.4, 0.5) is 14.5 Å². The maximum atomic E-state index is 14.0. The van der Waals surface area contributed by atoms with Crippen molar-refractivity contribution in [2.24, 2.45) is 0 Å². The average Bonchev–Trinajstić information content (AvgIpc) is 2.35. The lowest BCUT2D eigenvalue weighted by molar-refractivity contribution is 0.0360. The second-order valence-electron chi connectivity index (χ2n) is 4.96. The van der Waals surface area contributed by atoms with Gasteiger partial charge in [-0.3, -0.25) is 0 Å². The third-order valence-electron chi connectivity index (χ3n) is 3.42. The molecule has 4 heteroatoms. The number of hydrogen-bond donors (Lipinski definition) is 0. The molecule has 0 fully saturated rings. The standard InChI is InChI=1S/C15H19F2NO/c1-11-5-6-13-10-15(16,17)12(2)18(14(13)9-11)7-4-8-19-3/h5-6,9H,2,4,7-8,10H2,1,3H3. The molecule has 1 aliphatic rings. The number of rotatable bonds is 4. The maximum Gasteiger partial charge on any atom is 0.291 e. The zero-order chi connectivity index (χ0) is 14.0. The van der Waals surface area contributed by atoms with E-state index in [4.69, 9.17) is 4.74 Å². The third-order valence-corrected chi connectivity index (χ3v) is 3.42. The first-order valence-electron chi connectivity index (χ1n) is 6.39. The Hall–Kier alpha value is -1.42. The van der Waals surface area contributed by atoms with E-state index in [1.807, 2.05) is 19.1 Å². The molecule has 2 rings (SSSR count). The number of ether oxygens (including phenoxy) is 1. The topological polar surface area (TPSA) is 12.5 Å². The van der Waals surface area contributed by atoms with Gasteiger partial charge in [0.05, 0.1) is 5.70 Å². The summed E-state index contributed by atoms with van der Waals surface area (Å²) in [6.07, 6.45) is 0.432. The predicted octanol–water partition coefficient (Wildman–Crippen LogP) is 3.54. The fourth-order valence-corrected chi connectivity index (χ4v) is 2.38. The van der Waals surface area contributed by atoms with Crippen molar-refractivity contribution >= 4 is 5.69 Å². The first-order valence-corrected chi connectivity index (χ1v) is 6.39. The van der Waals surface area contributed by atoms with Gasteiger partial charge in [0.25, 0.3) is 5.92 Å². The minimum Gasteiger partial charge on any atom is -0.385 e. The number of hydrogen-bond acceptors (Lipinski definition) is 2. The van der Waals surface area contributed by atoms with Gasteiger partial charge in [0.15, 0.2) is 0 Å². The summed E-state index contributed by atoms with van der Waals surface area (Å²) in [4.78, 5) is 1.63. The van der Waals surface area contributed by atoms with Crippen molar-refractivity contribution in [1.29, 1.82) is 0 Å². The first kappa shape index (κ1) is 14.0. The molecule has 1 aliphatic heterocycles. The van der Waals surface area contributed by atoms with Crippen molar-refractivity contribution in [1.82, 2.24) is 0 Å². The summed E-state index contributed by atoms with van der Waals surface area (Å²) < 4.78 is 32.9. The van der Waals surface area contributed by atoms with Gasteiger partial charge in [-0.1, -0.05) is 18.7 Å². The zero-order valence-corrected chi connectivity index (χ0v) is 11.4. The Morgan fingerprint density at radius 3 is 2.84 bits per heavy atom. The van der Waals surface area contributed by atoms with Gasteiger partial charge in [0, 0.05) is 32.4 Å². The SMILES string of the molecule is C=C1N(CCCOC)c2cc(C)ccc2CC1(F)F. The first-order chi connectivity index (χ1) is 8.95. The summed E-state index contributed by atoms with van der Waals surface area (Å²) in [6, 6.07) is 5.60. The molecule has 0 spiro atoms. The van der Waals surface area contributed by atoms with Gasteiger partial charge >= 0.3 is 0 Å². The highest BCUT2D eigenvalue weighted by Gasteiger charge is 2.41. The van der Waals surface area contributed by atoms with Gasteiger partial charge in [-0.15, -0.1) is 0 Å². The van der Waals surface area contributed by atoms with Gasteiger partial charge < -0.3 is 9.64 Å². The number of nitrogens with zero attached hydrogens (tertiary/aromatic N) is 1. The van der Waals surface area contributed by atoms with E-state index in [0.29, 0.717) is 25.1 Å². The van der Waals surface area contributed by atoms with Crippen molar-refractivity contribution in [3.05, 3.63) is 41.6 Å². The summed E-state index contributed by atoms with van der Waals surface area (Å²) in [5.74, 6) is -2.87. The minimum atomic E-state index is -2.87. The number of allylic oxidation sites excluding steroid dienone is 1. The summed E-state index contributed by atoms with van der Waals surface area (Å²) in [6.45, 7) is 6.60. The van der Waals surface area contributed by atoms with Crippen LogP contribution in [-0.4, -0.2) is 26.2 Å².